The Labute approximate surface area is 118 Å². The highest BCUT2D eigenvalue weighted by Gasteiger charge is 2.42. The summed E-state index contributed by atoms with van der Waals surface area (Å²) >= 11 is 2.01. The van der Waals surface area contributed by atoms with Crippen LogP contribution in [-0.2, 0) is 4.74 Å². The fourth-order valence-electron chi connectivity index (χ4n) is 3.29. The third-order valence-corrected chi connectivity index (χ3v) is 5.54. The maximum atomic E-state index is 6.09. The fraction of sp³-hybridized carbons (Fsp3) is 0.643. The molecule has 0 amide bonds. The molecule has 1 aromatic heterocycles. The molecule has 3 heterocycles. The van der Waals surface area contributed by atoms with Gasteiger partial charge in [-0.2, -0.15) is 11.8 Å². The van der Waals surface area contributed by atoms with Crippen LogP contribution in [0.15, 0.2) is 24.5 Å². The zero-order valence-corrected chi connectivity index (χ0v) is 11.9. The lowest BCUT2D eigenvalue weighted by Gasteiger charge is -2.40. The molecule has 3 rings (SSSR count). The van der Waals surface area contributed by atoms with Crippen LogP contribution in [0.4, 0.5) is 0 Å². The first-order valence-electron chi connectivity index (χ1n) is 6.91. The van der Waals surface area contributed by atoms with E-state index in [0.29, 0.717) is 5.92 Å². The highest BCUT2D eigenvalue weighted by molar-refractivity contribution is 7.99. The van der Waals surface area contributed by atoms with Crippen LogP contribution in [0, 0.1) is 5.92 Å². The van der Waals surface area contributed by atoms with E-state index >= 15 is 0 Å². The van der Waals surface area contributed by atoms with Gasteiger partial charge in [-0.3, -0.25) is 16.3 Å². The Balaban J connectivity index is 1.76. The van der Waals surface area contributed by atoms with E-state index in [1.54, 1.807) is 0 Å². The van der Waals surface area contributed by atoms with Crippen LogP contribution < -0.4 is 11.3 Å². The predicted molar refractivity (Wildman–Crippen MR) is 77.7 cm³/mol. The van der Waals surface area contributed by atoms with Crippen LogP contribution in [0.5, 0.6) is 0 Å². The molecule has 0 aliphatic carbocycles. The smallest absolute Gasteiger partial charge is 0.0783 e. The van der Waals surface area contributed by atoms with E-state index in [1.165, 1.54) is 17.7 Å². The zero-order chi connectivity index (χ0) is 13.1. The van der Waals surface area contributed by atoms with Gasteiger partial charge in [0.1, 0.15) is 0 Å². The number of aromatic nitrogens is 1. The van der Waals surface area contributed by atoms with E-state index in [1.807, 2.05) is 24.2 Å². The normalized spacial score (nSPS) is 32.6. The monoisotopic (exact) mass is 279 g/mol. The number of thioether (sulfide) groups is 1. The molecule has 0 bridgehead atoms. The van der Waals surface area contributed by atoms with Gasteiger partial charge in [0, 0.05) is 30.8 Å². The maximum Gasteiger partial charge on any atom is 0.0783 e. The van der Waals surface area contributed by atoms with Gasteiger partial charge < -0.3 is 4.74 Å². The van der Waals surface area contributed by atoms with Gasteiger partial charge in [-0.1, -0.05) is 0 Å². The number of hydrazine groups is 1. The van der Waals surface area contributed by atoms with Gasteiger partial charge in [0.2, 0.25) is 0 Å². The first-order chi connectivity index (χ1) is 9.33. The van der Waals surface area contributed by atoms with E-state index in [-0.39, 0.29) is 11.6 Å². The summed E-state index contributed by atoms with van der Waals surface area (Å²) in [5.41, 5.74) is 4.34. The number of ether oxygens (including phenoxy) is 1. The molecule has 3 unspecified atom stereocenters. The quantitative estimate of drug-likeness (QED) is 0.653. The van der Waals surface area contributed by atoms with Crippen molar-refractivity contribution in [3.05, 3.63) is 30.1 Å². The Morgan fingerprint density at radius 2 is 2.32 bits per heavy atom. The van der Waals surface area contributed by atoms with Crippen molar-refractivity contribution in [3.63, 3.8) is 0 Å². The van der Waals surface area contributed by atoms with Crippen molar-refractivity contribution in [3.8, 4) is 0 Å². The summed E-state index contributed by atoms with van der Waals surface area (Å²) < 4.78 is 6.09. The molecule has 1 aromatic rings. The molecular weight excluding hydrogens is 258 g/mol. The van der Waals surface area contributed by atoms with Gasteiger partial charge in [-0.15, -0.1) is 0 Å². The van der Waals surface area contributed by atoms with E-state index in [0.717, 1.165) is 25.2 Å². The first kappa shape index (κ1) is 13.4. The molecule has 1 spiro atoms. The van der Waals surface area contributed by atoms with Gasteiger partial charge in [-0.05, 0) is 48.6 Å². The first-order valence-corrected chi connectivity index (χ1v) is 8.06. The second kappa shape index (κ2) is 5.79. The number of hydrogen-bond donors (Lipinski definition) is 2. The molecule has 5 heteroatoms. The van der Waals surface area contributed by atoms with Gasteiger partial charge in [0.25, 0.3) is 0 Å². The number of pyridine rings is 1. The number of nitrogens with two attached hydrogens (primary N) is 1. The molecule has 0 saturated carbocycles. The molecule has 2 aliphatic heterocycles. The van der Waals surface area contributed by atoms with Crippen molar-refractivity contribution in [2.24, 2.45) is 11.8 Å². The second-order valence-electron chi connectivity index (χ2n) is 5.51. The molecule has 2 fully saturated rings. The summed E-state index contributed by atoms with van der Waals surface area (Å²) in [6, 6.07) is 4.31. The van der Waals surface area contributed by atoms with Gasteiger partial charge in [0.05, 0.1) is 5.60 Å². The maximum absolute atomic E-state index is 6.09. The number of hydrogen-bond acceptors (Lipinski definition) is 5. The lowest BCUT2D eigenvalue weighted by atomic mass is 9.79. The fourth-order valence-corrected chi connectivity index (χ4v) is 4.67. The minimum absolute atomic E-state index is 0.107. The van der Waals surface area contributed by atoms with Crippen molar-refractivity contribution in [2.45, 2.75) is 30.9 Å². The third kappa shape index (κ3) is 2.79. The lowest BCUT2D eigenvalue weighted by Crippen LogP contribution is -2.45. The number of nitrogens with one attached hydrogen (secondary N) is 1. The summed E-state index contributed by atoms with van der Waals surface area (Å²) in [6.45, 7) is 0.856. The Kier molecular flexibility index (Phi) is 4.07. The van der Waals surface area contributed by atoms with Gasteiger partial charge >= 0.3 is 0 Å². The topological polar surface area (TPSA) is 60.2 Å². The minimum atomic E-state index is 0.107. The summed E-state index contributed by atoms with van der Waals surface area (Å²) in [7, 11) is 0. The van der Waals surface area contributed by atoms with E-state index < -0.39 is 0 Å². The van der Waals surface area contributed by atoms with Crippen LogP contribution in [0.1, 0.15) is 30.9 Å². The summed E-state index contributed by atoms with van der Waals surface area (Å²) in [4.78, 5) is 4.08. The molecular formula is C14H21N3OS. The van der Waals surface area contributed by atoms with Crippen molar-refractivity contribution >= 4 is 11.8 Å². The minimum Gasteiger partial charge on any atom is -0.374 e. The third-order valence-electron chi connectivity index (χ3n) is 4.31. The van der Waals surface area contributed by atoms with Gasteiger partial charge in [0.15, 0.2) is 0 Å². The molecule has 3 atom stereocenters. The van der Waals surface area contributed by atoms with Crippen molar-refractivity contribution < 1.29 is 4.74 Å². The standard InChI is InChI=1S/C14H21N3OS/c15-17-13(11-1-5-16-6-2-11)12-3-7-18-14(9-12)4-8-19-10-14/h1-2,5-6,12-13,17H,3-4,7-10,15H2. The molecule has 4 nitrogen and oxygen atoms in total. The average molecular weight is 279 g/mol. The molecule has 19 heavy (non-hydrogen) atoms. The molecule has 2 aliphatic rings. The van der Waals surface area contributed by atoms with E-state index in [4.69, 9.17) is 10.6 Å². The highest BCUT2D eigenvalue weighted by Crippen LogP contribution is 2.43. The summed E-state index contributed by atoms with van der Waals surface area (Å²) in [5, 5.41) is 0. The van der Waals surface area contributed by atoms with Crippen LogP contribution in [0.2, 0.25) is 0 Å². The van der Waals surface area contributed by atoms with E-state index in [2.05, 4.69) is 22.5 Å². The van der Waals surface area contributed by atoms with E-state index in [9.17, 15) is 0 Å². The second-order valence-corrected chi connectivity index (χ2v) is 6.62. The SMILES string of the molecule is NNC(c1ccncc1)C1CCOC2(CCSC2)C1. The summed E-state index contributed by atoms with van der Waals surface area (Å²) in [5.74, 6) is 8.71. The highest BCUT2D eigenvalue weighted by atomic mass is 32.2. The number of nitrogens with zero attached hydrogens (tertiary/aromatic N) is 1. The van der Waals surface area contributed by atoms with Crippen molar-refractivity contribution in [1.82, 2.24) is 10.4 Å². The zero-order valence-electron chi connectivity index (χ0n) is 11.0. The Hall–Kier alpha value is -0.620. The van der Waals surface area contributed by atoms with Crippen LogP contribution in [-0.4, -0.2) is 28.7 Å². The molecule has 0 aromatic carbocycles. The van der Waals surface area contributed by atoms with Crippen LogP contribution in [0.3, 0.4) is 0 Å². The number of rotatable bonds is 3. The van der Waals surface area contributed by atoms with Gasteiger partial charge in [-0.25, -0.2) is 0 Å². The molecule has 104 valence electrons. The Morgan fingerprint density at radius 3 is 3.00 bits per heavy atom. The Morgan fingerprint density at radius 1 is 1.47 bits per heavy atom. The Bertz CT molecular complexity index is 408. The molecule has 3 N–H and O–H groups in total. The van der Waals surface area contributed by atoms with Crippen molar-refractivity contribution in [2.75, 3.05) is 18.1 Å². The van der Waals surface area contributed by atoms with Crippen LogP contribution >= 0.6 is 11.8 Å². The summed E-state index contributed by atoms with van der Waals surface area (Å²) in [6.07, 6.45) is 7.03. The molecule has 0 radical (unpaired) electrons. The van der Waals surface area contributed by atoms with Crippen molar-refractivity contribution in [1.29, 1.82) is 0 Å². The lowest BCUT2D eigenvalue weighted by molar-refractivity contribution is -0.0854. The van der Waals surface area contributed by atoms with Crippen LogP contribution in [0.25, 0.3) is 0 Å². The molecule has 2 saturated heterocycles. The average Bonchev–Trinajstić information content (AvgIpc) is 2.89. The predicted octanol–water partition coefficient (Wildman–Crippen LogP) is 1.89. The largest absolute Gasteiger partial charge is 0.374 e.